The summed E-state index contributed by atoms with van der Waals surface area (Å²) in [6.45, 7) is 1.04. The molecule has 0 radical (unpaired) electrons. The Morgan fingerprint density at radius 3 is 2.85 bits per heavy atom. The maximum atomic E-state index is 9.71. The molecule has 0 aliphatic rings. The van der Waals surface area contributed by atoms with Gasteiger partial charge in [-0.1, -0.05) is 6.07 Å². The molecule has 0 aliphatic heterocycles. The molecule has 0 bridgehead atoms. The molecule has 0 aliphatic carbocycles. The Balaban J connectivity index is 2.22. The lowest BCUT2D eigenvalue weighted by molar-refractivity contribution is 0.164. The van der Waals surface area contributed by atoms with Crippen LogP contribution in [0.25, 0.3) is 0 Å². The molecular weight excluding hydrogens is 182 g/mol. The van der Waals surface area contributed by atoms with Gasteiger partial charge in [0.2, 0.25) is 0 Å². The lowest BCUT2D eigenvalue weighted by Crippen LogP contribution is -2.13. The second kappa shape index (κ2) is 5.37. The summed E-state index contributed by atoms with van der Waals surface area (Å²) < 4.78 is 0. The largest absolute Gasteiger partial charge is 0.388 e. The number of hydrogen-bond donors (Lipinski definition) is 1. The van der Waals surface area contributed by atoms with Crippen LogP contribution in [0.15, 0.2) is 17.5 Å². The predicted molar refractivity (Wildman–Crippen MR) is 57.1 cm³/mol. The lowest BCUT2D eigenvalue weighted by atomic mass is 10.1. The van der Waals surface area contributed by atoms with Crippen molar-refractivity contribution in [2.45, 2.75) is 18.9 Å². The maximum absolute atomic E-state index is 9.71. The van der Waals surface area contributed by atoms with E-state index in [1.807, 2.05) is 17.5 Å². The van der Waals surface area contributed by atoms with Crippen molar-refractivity contribution >= 4 is 11.3 Å². The molecule has 0 unspecified atom stereocenters. The van der Waals surface area contributed by atoms with Crippen LogP contribution >= 0.6 is 11.3 Å². The summed E-state index contributed by atoms with van der Waals surface area (Å²) in [6, 6.07) is 3.97. The molecule has 1 atom stereocenters. The molecule has 1 aromatic rings. The average molecular weight is 199 g/mol. The van der Waals surface area contributed by atoms with E-state index in [9.17, 15) is 5.11 Å². The third kappa shape index (κ3) is 3.89. The summed E-state index contributed by atoms with van der Waals surface area (Å²) in [4.78, 5) is 3.22. The Hall–Kier alpha value is -0.380. The average Bonchev–Trinajstić information content (AvgIpc) is 2.55. The van der Waals surface area contributed by atoms with Crippen LogP contribution in [0.1, 0.15) is 23.8 Å². The van der Waals surface area contributed by atoms with E-state index in [1.54, 1.807) is 11.3 Å². The Morgan fingerprint density at radius 2 is 2.31 bits per heavy atom. The number of aliphatic hydroxyl groups is 1. The lowest BCUT2D eigenvalue weighted by Gasteiger charge is -2.11. The van der Waals surface area contributed by atoms with Gasteiger partial charge in [0.15, 0.2) is 0 Å². The van der Waals surface area contributed by atoms with Gasteiger partial charge in [-0.25, -0.2) is 0 Å². The monoisotopic (exact) mass is 199 g/mol. The van der Waals surface area contributed by atoms with E-state index in [0.717, 1.165) is 24.3 Å². The van der Waals surface area contributed by atoms with E-state index in [4.69, 9.17) is 0 Å². The van der Waals surface area contributed by atoms with E-state index in [1.165, 1.54) is 0 Å². The van der Waals surface area contributed by atoms with Crippen LogP contribution < -0.4 is 0 Å². The van der Waals surface area contributed by atoms with Crippen molar-refractivity contribution in [2.75, 3.05) is 20.6 Å². The van der Waals surface area contributed by atoms with Crippen LogP contribution in [-0.4, -0.2) is 30.6 Å². The number of aliphatic hydroxyl groups excluding tert-OH is 1. The van der Waals surface area contributed by atoms with Gasteiger partial charge in [-0.15, -0.1) is 11.3 Å². The molecule has 0 saturated heterocycles. The molecule has 74 valence electrons. The number of nitrogens with zero attached hydrogens (tertiary/aromatic N) is 1. The summed E-state index contributed by atoms with van der Waals surface area (Å²) >= 11 is 1.63. The van der Waals surface area contributed by atoms with E-state index in [2.05, 4.69) is 19.0 Å². The van der Waals surface area contributed by atoms with Gasteiger partial charge in [-0.3, -0.25) is 0 Å². The van der Waals surface area contributed by atoms with Crippen molar-refractivity contribution in [3.8, 4) is 0 Å². The fourth-order valence-electron chi connectivity index (χ4n) is 1.22. The first-order valence-electron chi connectivity index (χ1n) is 4.56. The molecule has 2 nitrogen and oxygen atoms in total. The topological polar surface area (TPSA) is 23.5 Å². The van der Waals surface area contributed by atoms with E-state index in [-0.39, 0.29) is 6.10 Å². The molecule has 1 heterocycles. The SMILES string of the molecule is CN(C)CCC[C@H](O)c1cccs1. The van der Waals surface area contributed by atoms with Crippen molar-refractivity contribution in [3.63, 3.8) is 0 Å². The predicted octanol–water partition coefficient (Wildman–Crippen LogP) is 2.12. The minimum atomic E-state index is -0.264. The molecular formula is C10H17NOS. The van der Waals surface area contributed by atoms with E-state index >= 15 is 0 Å². The third-order valence-electron chi connectivity index (χ3n) is 1.95. The first-order valence-corrected chi connectivity index (χ1v) is 5.44. The van der Waals surface area contributed by atoms with Crippen molar-refractivity contribution in [3.05, 3.63) is 22.4 Å². The number of hydrogen-bond acceptors (Lipinski definition) is 3. The summed E-state index contributed by atoms with van der Waals surface area (Å²) in [5.41, 5.74) is 0. The molecule has 1 rings (SSSR count). The van der Waals surface area contributed by atoms with Crippen LogP contribution in [0.3, 0.4) is 0 Å². The van der Waals surface area contributed by atoms with Crippen LogP contribution in [0.5, 0.6) is 0 Å². The molecule has 13 heavy (non-hydrogen) atoms. The van der Waals surface area contributed by atoms with Gasteiger partial charge >= 0.3 is 0 Å². The van der Waals surface area contributed by atoms with Crippen LogP contribution in [0.2, 0.25) is 0 Å². The number of thiophene rings is 1. The fraction of sp³-hybridized carbons (Fsp3) is 0.600. The third-order valence-corrected chi connectivity index (χ3v) is 2.93. The summed E-state index contributed by atoms with van der Waals surface area (Å²) in [5, 5.41) is 11.7. The Kier molecular flexibility index (Phi) is 4.42. The second-order valence-corrected chi connectivity index (χ2v) is 4.46. The van der Waals surface area contributed by atoms with Gasteiger partial charge in [0.25, 0.3) is 0 Å². The highest BCUT2D eigenvalue weighted by Gasteiger charge is 2.07. The van der Waals surface area contributed by atoms with Gasteiger partial charge in [0, 0.05) is 4.88 Å². The highest BCUT2D eigenvalue weighted by Crippen LogP contribution is 2.22. The van der Waals surface area contributed by atoms with Crippen LogP contribution in [0.4, 0.5) is 0 Å². The zero-order valence-corrected chi connectivity index (χ0v) is 9.05. The summed E-state index contributed by atoms with van der Waals surface area (Å²) in [6.07, 6.45) is 1.64. The van der Waals surface area contributed by atoms with Crippen molar-refractivity contribution in [1.29, 1.82) is 0 Å². The first kappa shape index (κ1) is 10.7. The summed E-state index contributed by atoms with van der Waals surface area (Å²) in [5.74, 6) is 0. The van der Waals surface area contributed by atoms with Gasteiger partial charge in [0.1, 0.15) is 0 Å². The van der Waals surface area contributed by atoms with Crippen molar-refractivity contribution in [1.82, 2.24) is 4.90 Å². The van der Waals surface area contributed by atoms with Crippen LogP contribution in [0, 0.1) is 0 Å². The maximum Gasteiger partial charge on any atom is 0.0882 e. The minimum Gasteiger partial charge on any atom is -0.388 e. The van der Waals surface area contributed by atoms with Crippen molar-refractivity contribution < 1.29 is 5.11 Å². The zero-order valence-electron chi connectivity index (χ0n) is 8.23. The van der Waals surface area contributed by atoms with E-state index < -0.39 is 0 Å². The quantitative estimate of drug-likeness (QED) is 0.785. The molecule has 0 spiro atoms. The molecule has 0 aromatic carbocycles. The van der Waals surface area contributed by atoms with Crippen LogP contribution in [-0.2, 0) is 0 Å². The molecule has 0 fully saturated rings. The van der Waals surface area contributed by atoms with Gasteiger partial charge in [0.05, 0.1) is 6.10 Å². The Labute approximate surface area is 83.8 Å². The molecule has 3 heteroatoms. The fourth-order valence-corrected chi connectivity index (χ4v) is 1.97. The summed E-state index contributed by atoms with van der Waals surface area (Å²) in [7, 11) is 4.11. The molecule has 1 N–H and O–H groups in total. The van der Waals surface area contributed by atoms with Gasteiger partial charge < -0.3 is 10.0 Å². The Bertz CT molecular complexity index is 221. The Morgan fingerprint density at radius 1 is 1.54 bits per heavy atom. The highest BCUT2D eigenvalue weighted by molar-refractivity contribution is 7.10. The molecule has 1 aromatic heterocycles. The van der Waals surface area contributed by atoms with E-state index in [0.29, 0.717) is 0 Å². The molecule has 0 saturated carbocycles. The zero-order chi connectivity index (χ0) is 9.68. The molecule has 0 amide bonds. The number of rotatable bonds is 5. The van der Waals surface area contributed by atoms with Crippen molar-refractivity contribution in [2.24, 2.45) is 0 Å². The second-order valence-electron chi connectivity index (χ2n) is 3.48. The normalized spacial score (nSPS) is 13.5. The standard InChI is InChI=1S/C10H17NOS/c1-11(2)7-3-5-9(12)10-6-4-8-13-10/h4,6,8-9,12H,3,5,7H2,1-2H3/t9-/m0/s1. The highest BCUT2D eigenvalue weighted by atomic mass is 32.1. The minimum absolute atomic E-state index is 0.264. The first-order chi connectivity index (χ1) is 6.20. The van der Waals surface area contributed by atoms with Gasteiger partial charge in [-0.05, 0) is 44.9 Å². The smallest absolute Gasteiger partial charge is 0.0882 e. The van der Waals surface area contributed by atoms with Gasteiger partial charge in [-0.2, -0.15) is 0 Å².